The number of anilines is 4. The zero-order valence-electron chi connectivity index (χ0n) is 18.3. The number of rotatable bonds is 10. The molecule has 0 aliphatic heterocycles. The molecule has 1 fully saturated rings. The third-order valence-corrected chi connectivity index (χ3v) is 5.55. The fourth-order valence-corrected chi connectivity index (χ4v) is 3.57. The SMILES string of the molecule is Cc1cc(Nc2nc(NCCN(C)C)nc(Sc3ccc(NC(=O)C4CC4)cc3)n2)n[nH]1. The average molecular weight is 454 g/mol. The number of aromatic amines is 1. The molecule has 4 rings (SSSR count). The van der Waals surface area contributed by atoms with Gasteiger partial charge in [-0.15, -0.1) is 0 Å². The standard InChI is InChI=1S/C21H27N9OS/c1-13-12-17(29-28-13)24-20-25-19(22-10-11-30(2)3)26-21(27-20)32-16-8-6-15(7-9-16)23-18(31)14-4-5-14/h6-9,12,14H,4-5,10-11H2,1-3H3,(H,23,31)(H3,22,24,25,26,27,28,29). The number of H-pyrrole nitrogens is 1. The lowest BCUT2D eigenvalue weighted by Crippen LogP contribution is -2.21. The fourth-order valence-electron chi connectivity index (χ4n) is 2.83. The minimum atomic E-state index is 0.0978. The van der Waals surface area contributed by atoms with Crippen LogP contribution in [0.25, 0.3) is 0 Å². The summed E-state index contributed by atoms with van der Waals surface area (Å²) in [6.07, 6.45) is 1.97. The zero-order valence-corrected chi connectivity index (χ0v) is 19.2. The van der Waals surface area contributed by atoms with Gasteiger partial charge in [-0.05, 0) is 69.9 Å². The van der Waals surface area contributed by atoms with Gasteiger partial charge in [0.05, 0.1) is 0 Å². The first kappa shape index (κ1) is 22.0. The van der Waals surface area contributed by atoms with Crippen LogP contribution < -0.4 is 16.0 Å². The van der Waals surface area contributed by atoms with Gasteiger partial charge >= 0.3 is 0 Å². The van der Waals surface area contributed by atoms with Crippen molar-refractivity contribution in [2.24, 2.45) is 5.92 Å². The van der Waals surface area contributed by atoms with Crippen molar-refractivity contribution < 1.29 is 4.79 Å². The van der Waals surface area contributed by atoms with Crippen LogP contribution in [0.4, 0.5) is 23.4 Å². The fraction of sp³-hybridized carbons (Fsp3) is 0.381. The van der Waals surface area contributed by atoms with Crippen LogP contribution in [-0.2, 0) is 4.79 Å². The molecular weight excluding hydrogens is 426 g/mol. The summed E-state index contributed by atoms with van der Waals surface area (Å²) in [4.78, 5) is 28.5. The van der Waals surface area contributed by atoms with E-state index in [1.807, 2.05) is 51.4 Å². The van der Waals surface area contributed by atoms with Crippen LogP contribution in [0.5, 0.6) is 0 Å². The number of nitrogens with zero attached hydrogens (tertiary/aromatic N) is 5. The second kappa shape index (κ2) is 9.96. The molecule has 1 aliphatic rings. The molecule has 0 spiro atoms. The van der Waals surface area contributed by atoms with Crippen molar-refractivity contribution in [2.45, 2.75) is 29.8 Å². The first-order valence-corrected chi connectivity index (χ1v) is 11.3. The van der Waals surface area contributed by atoms with Gasteiger partial charge in [0.15, 0.2) is 11.0 Å². The molecule has 11 heteroatoms. The number of carbonyl (C=O) groups is 1. The lowest BCUT2D eigenvalue weighted by molar-refractivity contribution is -0.117. The Balaban J connectivity index is 1.47. The van der Waals surface area contributed by atoms with Gasteiger partial charge in [0, 0.05) is 41.4 Å². The van der Waals surface area contributed by atoms with Gasteiger partial charge in [-0.25, -0.2) is 0 Å². The molecule has 0 bridgehead atoms. The molecule has 0 saturated heterocycles. The number of benzene rings is 1. The third kappa shape index (κ3) is 6.41. The van der Waals surface area contributed by atoms with Crippen LogP contribution in [0.1, 0.15) is 18.5 Å². The summed E-state index contributed by atoms with van der Waals surface area (Å²) < 4.78 is 0. The van der Waals surface area contributed by atoms with E-state index in [9.17, 15) is 4.79 Å². The van der Waals surface area contributed by atoms with Crippen LogP contribution >= 0.6 is 11.8 Å². The van der Waals surface area contributed by atoms with Crippen molar-refractivity contribution in [1.29, 1.82) is 0 Å². The quantitative estimate of drug-likeness (QED) is 0.366. The number of likely N-dealkylation sites (N-methyl/N-ethyl adjacent to an activating group) is 1. The number of aromatic nitrogens is 5. The maximum atomic E-state index is 11.9. The highest BCUT2D eigenvalue weighted by atomic mass is 32.2. The molecular formula is C21H27N9OS. The molecule has 168 valence electrons. The molecule has 3 aromatic rings. The second-order valence-corrected chi connectivity index (χ2v) is 8.99. The van der Waals surface area contributed by atoms with Gasteiger partial charge in [-0.2, -0.15) is 20.1 Å². The predicted molar refractivity (Wildman–Crippen MR) is 125 cm³/mol. The van der Waals surface area contributed by atoms with Gasteiger partial charge in [0.2, 0.25) is 17.8 Å². The maximum absolute atomic E-state index is 11.9. The van der Waals surface area contributed by atoms with E-state index in [0.717, 1.165) is 35.7 Å². The molecule has 1 aromatic carbocycles. The number of nitrogens with one attached hydrogen (secondary N) is 4. The van der Waals surface area contributed by atoms with Gasteiger partial charge in [-0.1, -0.05) is 0 Å². The molecule has 2 heterocycles. The predicted octanol–water partition coefficient (Wildman–Crippen LogP) is 3.12. The van der Waals surface area contributed by atoms with Crippen molar-refractivity contribution in [1.82, 2.24) is 30.0 Å². The molecule has 32 heavy (non-hydrogen) atoms. The number of amides is 1. The van der Waals surface area contributed by atoms with Gasteiger partial charge in [0.25, 0.3) is 0 Å². The first-order valence-electron chi connectivity index (χ1n) is 10.5. The Bertz CT molecular complexity index is 1060. The molecule has 1 amide bonds. The Morgan fingerprint density at radius 1 is 1.16 bits per heavy atom. The molecule has 0 atom stereocenters. The van der Waals surface area contributed by atoms with Gasteiger partial charge < -0.3 is 20.9 Å². The molecule has 1 aliphatic carbocycles. The molecule has 4 N–H and O–H groups in total. The topological polar surface area (TPSA) is 124 Å². The van der Waals surface area contributed by atoms with E-state index in [-0.39, 0.29) is 11.8 Å². The average Bonchev–Trinajstić information content (AvgIpc) is 3.52. The number of aryl methyl sites for hydroxylation is 1. The molecule has 0 radical (unpaired) electrons. The van der Waals surface area contributed by atoms with Crippen molar-refractivity contribution in [3.8, 4) is 0 Å². The highest BCUT2D eigenvalue weighted by Crippen LogP contribution is 2.31. The largest absolute Gasteiger partial charge is 0.353 e. The molecule has 0 unspecified atom stereocenters. The zero-order chi connectivity index (χ0) is 22.5. The Morgan fingerprint density at radius 2 is 1.91 bits per heavy atom. The summed E-state index contributed by atoms with van der Waals surface area (Å²) in [5.74, 6) is 1.82. The summed E-state index contributed by atoms with van der Waals surface area (Å²) in [5, 5.41) is 17.0. The monoisotopic (exact) mass is 453 g/mol. The maximum Gasteiger partial charge on any atom is 0.234 e. The Labute approximate surface area is 191 Å². The molecule has 2 aromatic heterocycles. The summed E-state index contributed by atoms with van der Waals surface area (Å²) >= 11 is 1.42. The van der Waals surface area contributed by atoms with E-state index >= 15 is 0 Å². The second-order valence-electron chi connectivity index (χ2n) is 7.95. The van der Waals surface area contributed by atoms with Crippen molar-refractivity contribution in [2.75, 3.05) is 43.1 Å². The van der Waals surface area contributed by atoms with Crippen LogP contribution in [-0.4, -0.2) is 63.1 Å². The minimum absolute atomic E-state index is 0.0978. The van der Waals surface area contributed by atoms with E-state index in [1.54, 1.807) is 0 Å². The molecule has 1 saturated carbocycles. The van der Waals surface area contributed by atoms with Crippen molar-refractivity contribution in [3.05, 3.63) is 36.0 Å². The lowest BCUT2D eigenvalue weighted by Gasteiger charge is -2.12. The smallest absolute Gasteiger partial charge is 0.234 e. The minimum Gasteiger partial charge on any atom is -0.353 e. The van der Waals surface area contributed by atoms with E-state index in [0.29, 0.717) is 29.4 Å². The van der Waals surface area contributed by atoms with Crippen molar-refractivity contribution >= 4 is 41.1 Å². The van der Waals surface area contributed by atoms with Gasteiger partial charge in [0.1, 0.15) is 0 Å². The normalized spacial score (nSPS) is 13.2. The first-order chi connectivity index (χ1) is 15.4. The summed E-state index contributed by atoms with van der Waals surface area (Å²) in [6, 6.07) is 9.56. The highest BCUT2D eigenvalue weighted by molar-refractivity contribution is 7.99. The van der Waals surface area contributed by atoms with Crippen molar-refractivity contribution in [3.63, 3.8) is 0 Å². The Kier molecular flexibility index (Phi) is 6.86. The van der Waals surface area contributed by atoms with Gasteiger partial charge in [-0.3, -0.25) is 9.89 Å². The summed E-state index contributed by atoms with van der Waals surface area (Å²) in [5.41, 5.74) is 1.73. The van der Waals surface area contributed by atoms with Crippen LogP contribution in [0.15, 0.2) is 40.4 Å². The number of hydrogen-bond acceptors (Lipinski definition) is 9. The van der Waals surface area contributed by atoms with E-state index in [2.05, 4.69) is 46.0 Å². The highest BCUT2D eigenvalue weighted by Gasteiger charge is 2.29. The van der Waals surface area contributed by atoms with E-state index < -0.39 is 0 Å². The lowest BCUT2D eigenvalue weighted by atomic mass is 10.3. The number of carbonyl (C=O) groups excluding carboxylic acids is 1. The van der Waals surface area contributed by atoms with Crippen LogP contribution in [0, 0.1) is 12.8 Å². The molecule has 10 nitrogen and oxygen atoms in total. The van der Waals surface area contributed by atoms with E-state index in [1.165, 1.54) is 11.8 Å². The third-order valence-electron chi connectivity index (χ3n) is 4.68. The summed E-state index contributed by atoms with van der Waals surface area (Å²) in [7, 11) is 4.03. The van der Waals surface area contributed by atoms with Crippen LogP contribution in [0.2, 0.25) is 0 Å². The van der Waals surface area contributed by atoms with Crippen LogP contribution in [0.3, 0.4) is 0 Å². The summed E-state index contributed by atoms with van der Waals surface area (Å²) in [6.45, 7) is 3.48. The Hall–Kier alpha value is -3.18. The Morgan fingerprint density at radius 3 is 2.56 bits per heavy atom. The number of hydrogen-bond donors (Lipinski definition) is 4. The van der Waals surface area contributed by atoms with E-state index in [4.69, 9.17) is 0 Å².